The van der Waals surface area contributed by atoms with E-state index in [-0.39, 0.29) is 11.7 Å². The van der Waals surface area contributed by atoms with Crippen molar-refractivity contribution in [3.05, 3.63) is 11.6 Å². The van der Waals surface area contributed by atoms with Gasteiger partial charge in [0, 0.05) is 32.2 Å². The first kappa shape index (κ1) is 11.1. The van der Waals surface area contributed by atoms with Crippen LogP contribution in [0.4, 0.5) is 0 Å². The third-order valence-corrected chi connectivity index (χ3v) is 3.45. The highest BCUT2D eigenvalue weighted by atomic mass is 35.5. The minimum atomic E-state index is 0.106. The Morgan fingerprint density at radius 3 is 2.93 bits per heavy atom. The van der Waals surface area contributed by atoms with Crippen LogP contribution in [0.15, 0.2) is 11.6 Å². The number of ketones is 1. The molecule has 0 amide bonds. The van der Waals surface area contributed by atoms with Crippen molar-refractivity contribution in [1.82, 2.24) is 10.2 Å². The van der Waals surface area contributed by atoms with E-state index in [0.29, 0.717) is 6.04 Å². The predicted molar refractivity (Wildman–Crippen MR) is 61.3 cm³/mol. The van der Waals surface area contributed by atoms with Crippen molar-refractivity contribution < 1.29 is 4.79 Å². The summed E-state index contributed by atoms with van der Waals surface area (Å²) >= 11 is 5.55. The fraction of sp³-hybridized carbons (Fsp3) is 0.727. The third-order valence-electron chi connectivity index (χ3n) is 3.20. The smallest absolute Gasteiger partial charge is 0.173 e. The molecule has 1 heterocycles. The maximum absolute atomic E-state index is 11.4. The SMILES string of the molecule is O=C(CCl)C1=C[C@H](N2CCNCC2)CC1. The van der Waals surface area contributed by atoms with E-state index in [4.69, 9.17) is 11.6 Å². The van der Waals surface area contributed by atoms with Crippen LogP contribution in [0.1, 0.15) is 12.8 Å². The van der Waals surface area contributed by atoms with E-state index in [1.54, 1.807) is 0 Å². The maximum Gasteiger partial charge on any atom is 0.173 e. The molecule has 84 valence electrons. The van der Waals surface area contributed by atoms with Gasteiger partial charge in [0.05, 0.1) is 5.88 Å². The summed E-state index contributed by atoms with van der Waals surface area (Å²) in [5, 5.41) is 3.33. The number of nitrogens with zero attached hydrogens (tertiary/aromatic N) is 1. The predicted octanol–water partition coefficient (Wildman–Crippen LogP) is 0.788. The lowest BCUT2D eigenvalue weighted by Crippen LogP contribution is -2.47. The minimum absolute atomic E-state index is 0.106. The van der Waals surface area contributed by atoms with Crippen molar-refractivity contribution in [1.29, 1.82) is 0 Å². The van der Waals surface area contributed by atoms with Gasteiger partial charge in [-0.15, -0.1) is 11.6 Å². The molecule has 0 unspecified atom stereocenters. The van der Waals surface area contributed by atoms with E-state index in [1.807, 2.05) is 0 Å². The fourth-order valence-corrected chi connectivity index (χ4v) is 2.49. The Balaban J connectivity index is 1.94. The zero-order valence-corrected chi connectivity index (χ0v) is 9.59. The molecule has 0 radical (unpaired) electrons. The highest BCUT2D eigenvalue weighted by Crippen LogP contribution is 2.24. The van der Waals surface area contributed by atoms with E-state index >= 15 is 0 Å². The summed E-state index contributed by atoms with van der Waals surface area (Å²) in [6.07, 6.45) is 4.11. The molecular formula is C11H17ClN2O. The second kappa shape index (κ2) is 5.10. The molecule has 0 saturated carbocycles. The number of nitrogens with one attached hydrogen (secondary N) is 1. The van der Waals surface area contributed by atoms with Crippen molar-refractivity contribution in [3.8, 4) is 0 Å². The molecule has 2 aliphatic rings. The number of carbonyl (C=O) groups excluding carboxylic acids is 1. The van der Waals surface area contributed by atoms with Crippen LogP contribution in [-0.2, 0) is 4.79 Å². The van der Waals surface area contributed by atoms with E-state index in [2.05, 4.69) is 16.3 Å². The average Bonchev–Trinajstić information content (AvgIpc) is 2.78. The molecule has 0 aromatic rings. The molecule has 0 bridgehead atoms. The Hall–Kier alpha value is -0.380. The molecular weight excluding hydrogens is 212 g/mol. The normalized spacial score (nSPS) is 27.8. The molecule has 4 heteroatoms. The number of carbonyl (C=O) groups is 1. The number of rotatable bonds is 3. The van der Waals surface area contributed by atoms with Gasteiger partial charge in [0.1, 0.15) is 0 Å². The molecule has 0 spiro atoms. The summed E-state index contributed by atoms with van der Waals surface area (Å²) in [6, 6.07) is 0.467. The van der Waals surface area contributed by atoms with Crippen LogP contribution in [0.5, 0.6) is 0 Å². The second-order valence-corrected chi connectivity index (χ2v) is 4.41. The van der Waals surface area contributed by atoms with E-state index in [0.717, 1.165) is 44.6 Å². The summed E-state index contributed by atoms with van der Waals surface area (Å²) < 4.78 is 0. The highest BCUT2D eigenvalue weighted by molar-refractivity contribution is 6.30. The molecule has 1 N–H and O–H groups in total. The Bertz CT molecular complexity index is 272. The molecule has 1 atom stereocenters. The van der Waals surface area contributed by atoms with Gasteiger partial charge in [-0.25, -0.2) is 0 Å². The average molecular weight is 229 g/mol. The van der Waals surface area contributed by atoms with Crippen LogP contribution < -0.4 is 5.32 Å². The molecule has 1 fully saturated rings. The van der Waals surface area contributed by atoms with Gasteiger partial charge in [-0.3, -0.25) is 9.69 Å². The van der Waals surface area contributed by atoms with Crippen LogP contribution in [0.3, 0.4) is 0 Å². The number of alkyl halides is 1. The first-order valence-electron chi connectivity index (χ1n) is 5.56. The lowest BCUT2D eigenvalue weighted by molar-refractivity contribution is -0.113. The molecule has 2 rings (SSSR count). The van der Waals surface area contributed by atoms with Crippen LogP contribution >= 0.6 is 11.6 Å². The zero-order chi connectivity index (χ0) is 10.7. The van der Waals surface area contributed by atoms with Crippen molar-refractivity contribution in [2.45, 2.75) is 18.9 Å². The minimum Gasteiger partial charge on any atom is -0.314 e. The van der Waals surface area contributed by atoms with Gasteiger partial charge in [0.2, 0.25) is 0 Å². The fourth-order valence-electron chi connectivity index (χ4n) is 2.32. The summed E-state index contributed by atoms with van der Waals surface area (Å²) in [6.45, 7) is 4.29. The standard InChI is InChI=1S/C11H17ClN2O/c12-8-11(15)9-1-2-10(7-9)14-5-3-13-4-6-14/h7,10,13H,1-6,8H2/t10-/m1/s1. The van der Waals surface area contributed by atoms with E-state index < -0.39 is 0 Å². The van der Waals surface area contributed by atoms with Crippen LogP contribution in [0.2, 0.25) is 0 Å². The van der Waals surface area contributed by atoms with Crippen molar-refractivity contribution >= 4 is 17.4 Å². The number of hydrogen-bond donors (Lipinski definition) is 1. The lowest BCUT2D eigenvalue weighted by atomic mass is 10.2. The monoisotopic (exact) mass is 228 g/mol. The largest absolute Gasteiger partial charge is 0.314 e. The number of Topliss-reactive ketones (excluding diaryl/α,β-unsaturated/α-hetero) is 1. The van der Waals surface area contributed by atoms with Gasteiger partial charge in [-0.05, 0) is 18.4 Å². The Morgan fingerprint density at radius 2 is 2.27 bits per heavy atom. The number of hydrogen-bond acceptors (Lipinski definition) is 3. The zero-order valence-electron chi connectivity index (χ0n) is 8.84. The van der Waals surface area contributed by atoms with Crippen molar-refractivity contribution in [2.24, 2.45) is 0 Å². The molecule has 0 aromatic heterocycles. The third kappa shape index (κ3) is 2.60. The highest BCUT2D eigenvalue weighted by Gasteiger charge is 2.25. The number of piperazine rings is 1. The molecule has 15 heavy (non-hydrogen) atoms. The molecule has 0 aromatic carbocycles. The Kier molecular flexibility index (Phi) is 3.78. The number of halogens is 1. The van der Waals surface area contributed by atoms with Gasteiger partial charge < -0.3 is 5.32 Å². The molecule has 3 nitrogen and oxygen atoms in total. The van der Waals surface area contributed by atoms with Crippen molar-refractivity contribution in [3.63, 3.8) is 0 Å². The van der Waals surface area contributed by atoms with Gasteiger partial charge in [0.25, 0.3) is 0 Å². The molecule has 1 aliphatic carbocycles. The summed E-state index contributed by atoms with van der Waals surface area (Å²) in [5.41, 5.74) is 0.938. The number of allylic oxidation sites excluding steroid dienone is 1. The van der Waals surface area contributed by atoms with Crippen LogP contribution in [0, 0.1) is 0 Å². The first-order chi connectivity index (χ1) is 7.31. The first-order valence-corrected chi connectivity index (χ1v) is 6.09. The van der Waals surface area contributed by atoms with Gasteiger partial charge in [0.15, 0.2) is 5.78 Å². The molecule has 1 aliphatic heterocycles. The topological polar surface area (TPSA) is 32.3 Å². The quantitative estimate of drug-likeness (QED) is 0.725. The summed E-state index contributed by atoms with van der Waals surface area (Å²) in [5.74, 6) is 0.231. The molecule has 1 saturated heterocycles. The van der Waals surface area contributed by atoms with Crippen LogP contribution in [-0.4, -0.2) is 48.8 Å². The van der Waals surface area contributed by atoms with Crippen molar-refractivity contribution in [2.75, 3.05) is 32.1 Å². The lowest BCUT2D eigenvalue weighted by Gasteiger charge is -2.31. The van der Waals surface area contributed by atoms with E-state index in [1.165, 1.54) is 0 Å². The summed E-state index contributed by atoms with van der Waals surface area (Å²) in [4.78, 5) is 13.9. The second-order valence-electron chi connectivity index (χ2n) is 4.14. The Morgan fingerprint density at radius 1 is 1.53 bits per heavy atom. The summed E-state index contributed by atoms with van der Waals surface area (Å²) in [7, 11) is 0. The van der Waals surface area contributed by atoms with Gasteiger partial charge >= 0.3 is 0 Å². The maximum atomic E-state index is 11.4. The van der Waals surface area contributed by atoms with Crippen LogP contribution in [0.25, 0.3) is 0 Å². The Labute approximate surface area is 95.5 Å². The van der Waals surface area contributed by atoms with E-state index in [9.17, 15) is 4.79 Å². The van der Waals surface area contributed by atoms with Gasteiger partial charge in [-0.2, -0.15) is 0 Å². The van der Waals surface area contributed by atoms with Gasteiger partial charge in [-0.1, -0.05) is 6.08 Å².